The number of halogens is 2. The lowest BCUT2D eigenvalue weighted by molar-refractivity contribution is -0.141. The van der Waals surface area contributed by atoms with E-state index in [1.54, 1.807) is 42.5 Å². The standard InChI is InChI=1S/C26H35Cl2N3O5S/c1-5-15-29-26(33)24(6-2)30(18-19-9-14-22(27)23(28)17-19)25(32)8-7-16-31(37(4,34)35)20-10-12-21(36-3)13-11-20/h9-14,17,24H,5-8,15-16,18H2,1-4H3,(H,29,33)/t24-/m0/s1. The van der Waals surface area contributed by atoms with Crippen molar-refractivity contribution in [3.63, 3.8) is 0 Å². The predicted molar refractivity (Wildman–Crippen MR) is 149 cm³/mol. The predicted octanol–water partition coefficient (Wildman–Crippen LogP) is 4.88. The SMILES string of the molecule is CCCNC(=O)[C@H](CC)N(Cc1ccc(Cl)c(Cl)c1)C(=O)CCCN(c1ccc(OC)cc1)S(C)(=O)=O. The van der Waals surface area contributed by atoms with Crippen molar-refractivity contribution in [2.75, 3.05) is 30.8 Å². The molecule has 0 unspecified atom stereocenters. The number of sulfonamides is 1. The lowest BCUT2D eigenvalue weighted by Gasteiger charge is -2.31. The van der Waals surface area contributed by atoms with Crippen molar-refractivity contribution in [2.45, 2.75) is 52.1 Å². The molecular weight excluding hydrogens is 537 g/mol. The van der Waals surface area contributed by atoms with E-state index in [9.17, 15) is 18.0 Å². The minimum atomic E-state index is -3.58. The van der Waals surface area contributed by atoms with Crippen LogP contribution in [0.4, 0.5) is 5.69 Å². The number of amides is 2. The molecule has 2 aromatic carbocycles. The van der Waals surface area contributed by atoms with Crippen molar-refractivity contribution in [1.82, 2.24) is 10.2 Å². The highest BCUT2D eigenvalue weighted by Gasteiger charge is 2.29. The molecule has 0 radical (unpaired) electrons. The number of rotatable bonds is 14. The molecule has 2 amide bonds. The van der Waals surface area contributed by atoms with Crippen LogP contribution in [0.3, 0.4) is 0 Å². The zero-order valence-corrected chi connectivity index (χ0v) is 24.0. The second-order valence-corrected chi connectivity index (χ2v) is 11.3. The average molecular weight is 573 g/mol. The van der Waals surface area contributed by atoms with Crippen LogP contribution < -0.4 is 14.4 Å². The number of carbonyl (C=O) groups is 2. The third kappa shape index (κ3) is 9.09. The number of nitrogens with zero attached hydrogens (tertiary/aromatic N) is 2. The fraction of sp³-hybridized carbons (Fsp3) is 0.462. The summed E-state index contributed by atoms with van der Waals surface area (Å²) in [6.45, 7) is 4.59. The highest BCUT2D eigenvalue weighted by Crippen LogP contribution is 2.25. The van der Waals surface area contributed by atoms with Crippen LogP contribution in [0, 0.1) is 0 Å². The first-order valence-corrected chi connectivity index (χ1v) is 14.7. The second kappa shape index (κ2) is 14.4. The summed E-state index contributed by atoms with van der Waals surface area (Å²) in [4.78, 5) is 27.9. The number of ether oxygens (including phenoxy) is 1. The fourth-order valence-electron chi connectivity index (χ4n) is 3.87. The molecule has 0 spiro atoms. The van der Waals surface area contributed by atoms with E-state index in [4.69, 9.17) is 27.9 Å². The first-order valence-electron chi connectivity index (χ1n) is 12.1. The molecule has 0 saturated carbocycles. The van der Waals surface area contributed by atoms with Gasteiger partial charge in [-0.3, -0.25) is 13.9 Å². The van der Waals surface area contributed by atoms with Crippen LogP contribution in [0.15, 0.2) is 42.5 Å². The van der Waals surface area contributed by atoms with Crippen molar-refractivity contribution >= 4 is 50.7 Å². The van der Waals surface area contributed by atoms with Gasteiger partial charge in [-0.05, 0) is 61.2 Å². The average Bonchev–Trinajstić information content (AvgIpc) is 2.86. The molecule has 0 heterocycles. The van der Waals surface area contributed by atoms with Gasteiger partial charge in [0.25, 0.3) is 0 Å². The number of hydrogen-bond donors (Lipinski definition) is 1. The molecule has 37 heavy (non-hydrogen) atoms. The number of carbonyl (C=O) groups excluding carboxylic acids is 2. The van der Waals surface area contributed by atoms with Crippen molar-refractivity contribution < 1.29 is 22.7 Å². The Kier molecular flexibility index (Phi) is 12.0. The summed E-state index contributed by atoms with van der Waals surface area (Å²) in [5, 5.41) is 3.63. The summed E-state index contributed by atoms with van der Waals surface area (Å²) in [6.07, 6.45) is 2.64. The second-order valence-electron chi connectivity index (χ2n) is 8.62. The van der Waals surface area contributed by atoms with E-state index in [1.807, 2.05) is 13.8 Å². The van der Waals surface area contributed by atoms with E-state index >= 15 is 0 Å². The lowest BCUT2D eigenvalue weighted by Crippen LogP contribution is -2.49. The third-order valence-electron chi connectivity index (χ3n) is 5.78. The molecule has 0 aliphatic carbocycles. The van der Waals surface area contributed by atoms with Crippen LogP contribution in [0.5, 0.6) is 5.75 Å². The topological polar surface area (TPSA) is 96.0 Å². The summed E-state index contributed by atoms with van der Waals surface area (Å²) in [5.74, 6) is 0.124. The van der Waals surface area contributed by atoms with Gasteiger partial charge in [-0.25, -0.2) is 8.42 Å². The maximum atomic E-state index is 13.4. The van der Waals surface area contributed by atoms with Gasteiger partial charge in [0.2, 0.25) is 21.8 Å². The first kappa shape index (κ1) is 30.7. The Morgan fingerprint density at radius 3 is 2.27 bits per heavy atom. The smallest absolute Gasteiger partial charge is 0.242 e. The summed E-state index contributed by atoms with van der Waals surface area (Å²) >= 11 is 12.2. The molecule has 0 aromatic heterocycles. The molecule has 1 atom stereocenters. The van der Waals surface area contributed by atoms with E-state index < -0.39 is 16.1 Å². The first-order chi connectivity index (χ1) is 17.5. The van der Waals surface area contributed by atoms with Crippen LogP contribution in [-0.2, 0) is 26.2 Å². The lowest BCUT2D eigenvalue weighted by atomic mass is 10.1. The molecule has 8 nitrogen and oxygen atoms in total. The molecule has 0 saturated heterocycles. The van der Waals surface area contributed by atoms with Gasteiger partial charge in [0.15, 0.2) is 0 Å². The van der Waals surface area contributed by atoms with Gasteiger partial charge in [-0.1, -0.05) is 43.1 Å². The van der Waals surface area contributed by atoms with Crippen molar-refractivity contribution in [3.8, 4) is 5.75 Å². The third-order valence-corrected chi connectivity index (χ3v) is 7.72. The normalized spacial score (nSPS) is 12.1. The Hall–Kier alpha value is -2.49. The van der Waals surface area contributed by atoms with Gasteiger partial charge in [0, 0.05) is 26.1 Å². The van der Waals surface area contributed by atoms with Crippen LogP contribution in [0.25, 0.3) is 0 Å². The molecule has 2 aromatic rings. The van der Waals surface area contributed by atoms with Crippen LogP contribution in [0.2, 0.25) is 10.0 Å². The molecule has 1 N–H and O–H groups in total. The Morgan fingerprint density at radius 2 is 1.73 bits per heavy atom. The maximum Gasteiger partial charge on any atom is 0.242 e. The van der Waals surface area contributed by atoms with Crippen LogP contribution >= 0.6 is 23.2 Å². The Balaban J connectivity index is 2.22. The zero-order chi connectivity index (χ0) is 27.6. The van der Waals surface area contributed by atoms with Gasteiger partial charge in [-0.15, -0.1) is 0 Å². The van der Waals surface area contributed by atoms with Crippen molar-refractivity contribution in [1.29, 1.82) is 0 Å². The number of anilines is 1. The molecule has 0 fully saturated rings. The Bertz CT molecular complexity index is 1160. The van der Waals surface area contributed by atoms with Gasteiger partial charge < -0.3 is 15.0 Å². The van der Waals surface area contributed by atoms with E-state index in [1.165, 1.54) is 16.3 Å². The molecule has 11 heteroatoms. The number of benzene rings is 2. The maximum absolute atomic E-state index is 13.4. The van der Waals surface area contributed by atoms with Gasteiger partial charge in [0.05, 0.1) is 29.1 Å². The molecule has 0 aliphatic heterocycles. The Morgan fingerprint density at radius 1 is 1.05 bits per heavy atom. The molecular formula is C26H35Cl2N3O5S. The molecule has 0 bridgehead atoms. The number of methoxy groups -OCH3 is 1. The minimum absolute atomic E-state index is 0.0566. The largest absolute Gasteiger partial charge is 0.497 e. The summed E-state index contributed by atoms with van der Waals surface area (Å²) in [7, 11) is -2.05. The fourth-order valence-corrected chi connectivity index (χ4v) is 5.16. The monoisotopic (exact) mass is 571 g/mol. The van der Waals surface area contributed by atoms with Gasteiger partial charge in [0.1, 0.15) is 11.8 Å². The van der Waals surface area contributed by atoms with Crippen molar-refractivity contribution in [2.24, 2.45) is 0 Å². The Labute approximate surface area is 229 Å². The van der Waals surface area contributed by atoms with Gasteiger partial charge >= 0.3 is 0 Å². The number of hydrogen-bond acceptors (Lipinski definition) is 5. The quantitative estimate of drug-likeness (QED) is 0.348. The van der Waals surface area contributed by atoms with Crippen LogP contribution in [0.1, 0.15) is 45.1 Å². The van der Waals surface area contributed by atoms with E-state index in [0.717, 1.165) is 18.2 Å². The zero-order valence-electron chi connectivity index (χ0n) is 21.7. The minimum Gasteiger partial charge on any atom is -0.497 e. The highest BCUT2D eigenvalue weighted by molar-refractivity contribution is 7.92. The summed E-state index contributed by atoms with van der Waals surface area (Å²) in [5.41, 5.74) is 1.22. The number of nitrogens with one attached hydrogen (secondary N) is 1. The summed E-state index contributed by atoms with van der Waals surface area (Å²) in [6, 6.07) is 11.1. The van der Waals surface area contributed by atoms with E-state index in [-0.39, 0.29) is 37.7 Å². The molecule has 2 rings (SSSR count). The van der Waals surface area contributed by atoms with Crippen molar-refractivity contribution in [3.05, 3.63) is 58.1 Å². The summed E-state index contributed by atoms with van der Waals surface area (Å²) < 4.78 is 31.3. The molecule has 204 valence electrons. The highest BCUT2D eigenvalue weighted by atomic mass is 35.5. The van der Waals surface area contributed by atoms with Crippen LogP contribution in [-0.4, -0.2) is 57.6 Å². The van der Waals surface area contributed by atoms with Gasteiger partial charge in [-0.2, -0.15) is 0 Å². The van der Waals surface area contributed by atoms with E-state index in [2.05, 4.69) is 5.32 Å². The molecule has 0 aliphatic rings. The van der Waals surface area contributed by atoms with E-state index in [0.29, 0.717) is 34.4 Å².